The second kappa shape index (κ2) is 6.02. The Kier molecular flexibility index (Phi) is 4.75. The normalized spacial score (nSPS) is 34.9. The minimum absolute atomic E-state index is 0.268. The zero-order valence-corrected chi connectivity index (χ0v) is 12.7. The average molecular weight is 284 g/mol. The summed E-state index contributed by atoms with van der Waals surface area (Å²) in [7, 11) is 0. The molecule has 20 heavy (non-hydrogen) atoms. The lowest BCUT2D eigenvalue weighted by Gasteiger charge is -2.38. The van der Waals surface area contributed by atoms with Crippen molar-refractivity contribution in [2.45, 2.75) is 76.9 Å². The first kappa shape index (κ1) is 15.8. The van der Waals surface area contributed by atoms with Gasteiger partial charge in [0.1, 0.15) is 0 Å². The minimum Gasteiger partial charge on any atom is -0.481 e. The standard InChI is InChI=1S/C16H28O4/c1-15(2)7-5-13(6-8-15)20-11-16(19)9-3-12(4-10-16)14(17)18/h12-13,19H,3-11H2,1-2H3,(H,17,18). The minimum atomic E-state index is -0.807. The molecule has 0 heterocycles. The van der Waals surface area contributed by atoms with E-state index in [2.05, 4.69) is 13.8 Å². The third-order valence-corrected chi connectivity index (χ3v) is 5.14. The Morgan fingerprint density at radius 3 is 2.15 bits per heavy atom. The van der Waals surface area contributed by atoms with E-state index in [9.17, 15) is 9.90 Å². The van der Waals surface area contributed by atoms with E-state index in [0.717, 1.165) is 12.8 Å². The van der Waals surface area contributed by atoms with Gasteiger partial charge in [-0.2, -0.15) is 0 Å². The lowest BCUT2D eigenvalue weighted by Crippen LogP contribution is -2.41. The third-order valence-electron chi connectivity index (χ3n) is 5.14. The van der Waals surface area contributed by atoms with Crippen LogP contribution in [0.4, 0.5) is 0 Å². The van der Waals surface area contributed by atoms with E-state index in [1.54, 1.807) is 0 Å². The van der Waals surface area contributed by atoms with Crippen LogP contribution in [0.15, 0.2) is 0 Å². The molecule has 2 fully saturated rings. The Bertz CT molecular complexity index is 332. The zero-order valence-electron chi connectivity index (χ0n) is 12.7. The van der Waals surface area contributed by atoms with Crippen LogP contribution in [0.1, 0.15) is 65.2 Å². The number of hydrogen-bond donors (Lipinski definition) is 2. The summed E-state index contributed by atoms with van der Waals surface area (Å²) in [6.45, 7) is 4.96. The Labute approximate surface area is 121 Å². The first-order valence-corrected chi connectivity index (χ1v) is 7.87. The summed E-state index contributed by atoms with van der Waals surface area (Å²) in [6.07, 6.45) is 6.98. The van der Waals surface area contributed by atoms with Gasteiger partial charge in [0.05, 0.1) is 24.2 Å². The lowest BCUT2D eigenvalue weighted by atomic mass is 9.76. The van der Waals surface area contributed by atoms with Gasteiger partial charge in [-0.05, 0) is 56.8 Å². The molecule has 2 aliphatic carbocycles. The van der Waals surface area contributed by atoms with Crippen LogP contribution in [0.5, 0.6) is 0 Å². The van der Waals surface area contributed by atoms with Crippen molar-refractivity contribution in [3.05, 3.63) is 0 Å². The van der Waals surface area contributed by atoms with Gasteiger partial charge in [-0.1, -0.05) is 13.8 Å². The summed E-state index contributed by atoms with van der Waals surface area (Å²) in [5.41, 5.74) is -0.380. The van der Waals surface area contributed by atoms with Crippen molar-refractivity contribution >= 4 is 5.97 Å². The Balaban J connectivity index is 1.73. The number of carboxylic acids is 1. The number of ether oxygens (including phenoxy) is 1. The highest BCUT2D eigenvalue weighted by Gasteiger charge is 2.37. The second-order valence-corrected chi connectivity index (χ2v) is 7.51. The van der Waals surface area contributed by atoms with Gasteiger partial charge in [0.25, 0.3) is 0 Å². The first-order valence-electron chi connectivity index (χ1n) is 7.87. The molecule has 0 spiro atoms. The maximum absolute atomic E-state index is 10.9. The fourth-order valence-electron chi connectivity index (χ4n) is 3.36. The fraction of sp³-hybridized carbons (Fsp3) is 0.938. The van der Waals surface area contributed by atoms with E-state index in [-0.39, 0.29) is 12.0 Å². The van der Waals surface area contributed by atoms with Crippen LogP contribution < -0.4 is 0 Å². The van der Waals surface area contributed by atoms with E-state index in [1.807, 2.05) is 0 Å². The molecular weight excluding hydrogens is 256 g/mol. The van der Waals surface area contributed by atoms with Crippen molar-refractivity contribution < 1.29 is 19.7 Å². The highest BCUT2D eigenvalue weighted by molar-refractivity contribution is 5.70. The molecular formula is C16H28O4. The molecule has 0 radical (unpaired) electrons. The molecule has 0 bridgehead atoms. The van der Waals surface area contributed by atoms with Crippen LogP contribution in [-0.2, 0) is 9.53 Å². The smallest absolute Gasteiger partial charge is 0.306 e. The van der Waals surface area contributed by atoms with Crippen LogP contribution in [0.25, 0.3) is 0 Å². The molecule has 0 aromatic heterocycles. The maximum Gasteiger partial charge on any atom is 0.306 e. The maximum atomic E-state index is 10.9. The number of hydrogen-bond acceptors (Lipinski definition) is 3. The van der Waals surface area contributed by atoms with E-state index in [4.69, 9.17) is 9.84 Å². The van der Waals surface area contributed by atoms with Crippen molar-refractivity contribution in [2.75, 3.05) is 6.61 Å². The summed E-state index contributed by atoms with van der Waals surface area (Å²) >= 11 is 0. The predicted octanol–water partition coefficient (Wildman–Crippen LogP) is 2.98. The number of aliphatic hydroxyl groups is 1. The second-order valence-electron chi connectivity index (χ2n) is 7.51. The average Bonchev–Trinajstić information content (AvgIpc) is 2.38. The molecule has 0 aromatic carbocycles. The molecule has 2 aliphatic rings. The van der Waals surface area contributed by atoms with Crippen LogP contribution in [0.3, 0.4) is 0 Å². The number of rotatable bonds is 4. The van der Waals surface area contributed by atoms with Crippen LogP contribution in [-0.4, -0.2) is 34.5 Å². The van der Waals surface area contributed by atoms with Gasteiger partial charge in [0, 0.05) is 0 Å². The molecule has 0 atom stereocenters. The largest absolute Gasteiger partial charge is 0.481 e. The summed E-state index contributed by atoms with van der Waals surface area (Å²) in [5, 5.41) is 19.5. The monoisotopic (exact) mass is 284 g/mol. The van der Waals surface area contributed by atoms with E-state index >= 15 is 0 Å². The Morgan fingerprint density at radius 1 is 1.10 bits per heavy atom. The SMILES string of the molecule is CC1(C)CCC(OCC2(O)CCC(C(=O)O)CC2)CC1. The van der Waals surface area contributed by atoms with E-state index in [0.29, 0.717) is 37.7 Å². The van der Waals surface area contributed by atoms with E-state index in [1.165, 1.54) is 12.8 Å². The first-order chi connectivity index (χ1) is 9.30. The van der Waals surface area contributed by atoms with Crippen LogP contribution in [0.2, 0.25) is 0 Å². The molecule has 0 amide bonds. The molecule has 0 unspecified atom stereocenters. The van der Waals surface area contributed by atoms with E-state index < -0.39 is 11.6 Å². The van der Waals surface area contributed by atoms with Crippen LogP contribution >= 0.6 is 0 Å². The van der Waals surface area contributed by atoms with Gasteiger partial charge < -0.3 is 14.9 Å². The van der Waals surface area contributed by atoms with Crippen molar-refractivity contribution in [1.29, 1.82) is 0 Å². The summed E-state index contributed by atoms with van der Waals surface area (Å²) in [6, 6.07) is 0. The number of carboxylic acid groups (broad SMARTS) is 1. The number of aliphatic carboxylic acids is 1. The van der Waals surface area contributed by atoms with Crippen LogP contribution in [0, 0.1) is 11.3 Å². The highest BCUT2D eigenvalue weighted by atomic mass is 16.5. The van der Waals surface area contributed by atoms with Crippen molar-refractivity contribution in [3.63, 3.8) is 0 Å². The van der Waals surface area contributed by atoms with Gasteiger partial charge in [-0.25, -0.2) is 0 Å². The molecule has 0 aromatic rings. The quantitative estimate of drug-likeness (QED) is 0.833. The highest BCUT2D eigenvalue weighted by Crippen LogP contribution is 2.37. The molecule has 4 heteroatoms. The van der Waals surface area contributed by atoms with Crippen molar-refractivity contribution in [2.24, 2.45) is 11.3 Å². The zero-order chi connectivity index (χ0) is 14.8. The number of carbonyl (C=O) groups is 1. The van der Waals surface area contributed by atoms with Gasteiger partial charge in [0.2, 0.25) is 0 Å². The fourth-order valence-corrected chi connectivity index (χ4v) is 3.36. The Hall–Kier alpha value is -0.610. The Morgan fingerprint density at radius 2 is 1.65 bits per heavy atom. The molecule has 2 N–H and O–H groups in total. The molecule has 4 nitrogen and oxygen atoms in total. The summed E-state index contributed by atoms with van der Waals surface area (Å²) in [4.78, 5) is 10.9. The van der Waals surface area contributed by atoms with Gasteiger partial charge >= 0.3 is 5.97 Å². The van der Waals surface area contributed by atoms with Gasteiger partial charge in [-0.3, -0.25) is 4.79 Å². The van der Waals surface area contributed by atoms with Gasteiger partial charge in [0.15, 0.2) is 0 Å². The summed E-state index contributed by atoms with van der Waals surface area (Å²) < 4.78 is 5.92. The lowest BCUT2D eigenvalue weighted by molar-refractivity contribution is -0.147. The molecule has 2 rings (SSSR count). The molecule has 0 saturated heterocycles. The molecule has 2 saturated carbocycles. The van der Waals surface area contributed by atoms with Gasteiger partial charge in [-0.15, -0.1) is 0 Å². The van der Waals surface area contributed by atoms with Crippen molar-refractivity contribution in [1.82, 2.24) is 0 Å². The van der Waals surface area contributed by atoms with Crippen molar-refractivity contribution in [3.8, 4) is 0 Å². The molecule has 116 valence electrons. The summed E-state index contributed by atoms with van der Waals surface area (Å²) in [5.74, 6) is -1.02. The molecule has 0 aliphatic heterocycles. The third kappa shape index (κ3) is 4.19. The topological polar surface area (TPSA) is 66.8 Å². The predicted molar refractivity (Wildman–Crippen MR) is 76.5 cm³/mol.